The third-order valence-corrected chi connectivity index (χ3v) is 4.97. The Hall–Kier alpha value is -2.93. The Morgan fingerprint density at radius 1 is 1.18 bits per heavy atom. The predicted molar refractivity (Wildman–Crippen MR) is 105 cm³/mol. The summed E-state index contributed by atoms with van der Waals surface area (Å²) < 4.78 is 16.3. The van der Waals surface area contributed by atoms with E-state index in [-0.39, 0.29) is 24.8 Å². The van der Waals surface area contributed by atoms with Crippen molar-refractivity contribution in [3.05, 3.63) is 41.4 Å². The number of carbonyl (C=O) groups is 2. The Bertz CT molecular complexity index is 933. The highest BCUT2D eigenvalue weighted by Gasteiger charge is 2.36. The largest absolute Gasteiger partial charge is 0.495 e. The van der Waals surface area contributed by atoms with E-state index in [0.717, 1.165) is 0 Å². The Balaban J connectivity index is 1.48. The lowest BCUT2D eigenvalue weighted by Crippen LogP contribution is -2.28. The number of nitrogens with one attached hydrogen (secondary N) is 1. The molecular weight excluding hydrogens is 384 g/mol. The average molecular weight is 403 g/mol. The maximum absolute atomic E-state index is 12.7. The molecule has 0 unspecified atom stereocenters. The molecule has 0 radical (unpaired) electrons. The van der Waals surface area contributed by atoms with E-state index in [1.165, 1.54) is 7.11 Å². The van der Waals surface area contributed by atoms with Crippen LogP contribution >= 0.6 is 11.6 Å². The second kappa shape index (κ2) is 7.59. The van der Waals surface area contributed by atoms with Crippen LogP contribution in [0.3, 0.4) is 0 Å². The summed E-state index contributed by atoms with van der Waals surface area (Å²) in [7, 11) is 1.53. The smallest absolute Gasteiger partial charge is 0.229 e. The van der Waals surface area contributed by atoms with Gasteiger partial charge in [0, 0.05) is 29.7 Å². The van der Waals surface area contributed by atoms with Gasteiger partial charge in [-0.15, -0.1) is 0 Å². The number of amides is 2. The van der Waals surface area contributed by atoms with Crippen molar-refractivity contribution in [2.24, 2.45) is 5.92 Å². The summed E-state index contributed by atoms with van der Waals surface area (Å²) in [6.07, 6.45) is 0.117. The molecule has 2 aliphatic rings. The summed E-state index contributed by atoms with van der Waals surface area (Å²) in [5.74, 6) is 0.919. The van der Waals surface area contributed by atoms with Crippen LogP contribution in [0.2, 0.25) is 5.02 Å². The van der Waals surface area contributed by atoms with Crippen LogP contribution in [0.5, 0.6) is 17.2 Å². The van der Waals surface area contributed by atoms with Gasteiger partial charge in [-0.2, -0.15) is 0 Å². The van der Waals surface area contributed by atoms with Crippen LogP contribution in [0.4, 0.5) is 11.4 Å². The fraction of sp³-hybridized carbons (Fsp3) is 0.300. The minimum atomic E-state index is -0.482. The number of halogens is 1. The zero-order valence-corrected chi connectivity index (χ0v) is 16.0. The van der Waals surface area contributed by atoms with Gasteiger partial charge in [0.25, 0.3) is 0 Å². The van der Waals surface area contributed by atoms with Crippen LogP contribution in [0.15, 0.2) is 36.4 Å². The van der Waals surface area contributed by atoms with Crippen LogP contribution < -0.4 is 24.4 Å². The molecule has 1 saturated heterocycles. The molecule has 1 fully saturated rings. The standard InChI is InChI=1S/C20H19ClN2O5/c1-26-16-4-2-13(21)9-15(16)23-11-12(8-19(23)24)20(25)22-14-3-5-17-18(10-14)28-7-6-27-17/h2-5,9-10,12H,6-8,11H2,1H3,(H,22,25)/t12-/m1/s1. The van der Waals surface area contributed by atoms with Crippen molar-refractivity contribution in [2.45, 2.75) is 6.42 Å². The normalized spacial score (nSPS) is 18.1. The number of ether oxygens (including phenoxy) is 3. The highest BCUT2D eigenvalue weighted by molar-refractivity contribution is 6.31. The van der Waals surface area contributed by atoms with Crippen LogP contribution in [-0.4, -0.2) is 38.7 Å². The molecule has 28 heavy (non-hydrogen) atoms. The second-order valence-electron chi connectivity index (χ2n) is 6.57. The van der Waals surface area contributed by atoms with Gasteiger partial charge in [0.1, 0.15) is 19.0 Å². The van der Waals surface area contributed by atoms with Gasteiger partial charge in [-0.05, 0) is 30.3 Å². The molecule has 2 amide bonds. The number of hydrogen-bond donors (Lipinski definition) is 1. The minimum absolute atomic E-state index is 0.117. The van der Waals surface area contributed by atoms with Crippen molar-refractivity contribution in [1.29, 1.82) is 0 Å². The molecule has 2 aliphatic heterocycles. The van der Waals surface area contributed by atoms with Crippen molar-refractivity contribution in [1.82, 2.24) is 0 Å². The van der Waals surface area contributed by atoms with Gasteiger partial charge in [-0.3, -0.25) is 9.59 Å². The third kappa shape index (κ3) is 3.57. The van der Waals surface area contributed by atoms with Crippen molar-refractivity contribution in [3.8, 4) is 17.2 Å². The van der Waals surface area contributed by atoms with Gasteiger partial charge < -0.3 is 24.4 Å². The molecule has 1 N–H and O–H groups in total. The predicted octanol–water partition coefficient (Wildman–Crippen LogP) is 3.11. The maximum Gasteiger partial charge on any atom is 0.229 e. The molecule has 1 atom stereocenters. The van der Waals surface area contributed by atoms with E-state index in [4.69, 9.17) is 25.8 Å². The Labute approximate surface area is 167 Å². The van der Waals surface area contributed by atoms with Crippen molar-refractivity contribution >= 4 is 34.8 Å². The first kappa shape index (κ1) is 18.4. The van der Waals surface area contributed by atoms with Gasteiger partial charge in [0.15, 0.2) is 11.5 Å². The van der Waals surface area contributed by atoms with Crippen molar-refractivity contribution < 1.29 is 23.8 Å². The molecule has 8 heteroatoms. The summed E-state index contributed by atoms with van der Waals surface area (Å²) in [6.45, 7) is 1.23. The number of benzene rings is 2. The molecule has 0 aromatic heterocycles. The minimum Gasteiger partial charge on any atom is -0.495 e. The lowest BCUT2D eigenvalue weighted by molar-refractivity contribution is -0.122. The summed E-state index contributed by atoms with van der Waals surface area (Å²) >= 11 is 6.07. The number of nitrogens with zero attached hydrogens (tertiary/aromatic N) is 1. The Morgan fingerprint density at radius 2 is 1.96 bits per heavy atom. The first-order chi connectivity index (χ1) is 13.5. The summed E-state index contributed by atoms with van der Waals surface area (Å²) in [5.41, 5.74) is 1.16. The second-order valence-corrected chi connectivity index (χ2v) is 7.01. The maximum atomic E-state index is 12.7. The molecule has 146 valence electrons. The average Bonchev–Trinajstić information content (AvgIpc) is 3.09. The van der Waals surface area contributed by atoms with Crippen LogP contribution in [-0.2, 0) is 9.59 Å². The number of fused-ring (bicyclic) bond motifs is 1. The molecule has 7 nitrogen and oxygen atoms in total. The van der Waals surface area contributed by atoms with E-state index in [9.17, 15) is 9.59 Å². The van der Waals surface area contributed by atoms with Crippen LogP contribution in [0.25, 0.3) is 0 Å². The molecule has 0 spiro atoms. The Kier molecular flexibility index (Phi) is 5.00. The third-order valence-electron chi connectivity index (χ3n) is 4.74. The monoisotopic (exact) mass is 402 g/mol. The first-order valence-electron chi connectivity index (χ1n) is 8.89. The van der Waals surface area contributed by atoms with E-state index in [1.807, 2.05) is 0 Å². The van der Waals surface area contributed by atoms with Gasteiger partial charge in [-0.25, -0.2) is 0 Å². The van der Waals surface area contributed by atoms with Gasteiger partial charge in [0.2, 0.25) is 11.8 Å². The summed E-state index contributed by atoms with van der Waals surface area (Å²) in [4.78, 5) is 26.8. The molecular formula is C20H19ClN2O5. The van der Waals surface area contributed by atoms with Crippen LogP contribution in [0.1, 0.15) is 6.42 Å². The van der Waals surface area contributed by atoms with E-state index < -0.39 is 5.92 Å². The number of rotatable bonds is 4. The van der Waals surface area contributed by atoms with Gasteiger partial charge >= 0.3 is 0 Å². The van der Waals surface area contributed by atoms with Crippen molar-refractivity contribution in [3.63, 3.8) is 0 Å². The summed E-state index contributed by atoms with van der Waals surface area (Å²) in [6, 6.07) is 10.3. The highest BCUT2D eigenvalue weighted by atomic mass is 35.5. The zero-order chi connectivity index (χ0) is 19.7. The number of methoxy groups -OCH3 is 1. The summed E-state index contributed by atoms with van der Waals surface area (Å²) in [5, 5.41) is 3.35. The van der Waals surface area contributed by atoms with Gasteiger partial charge in [-0.1, -0.05) is 11.6 Å². The van der Waals surface area contributed by atoms with E-state index >= 15 is 0 Å². The quantitative estimate of drug-likeness (QED) is 0.850. The number of anilines is 2. The molecule has 2 aromatic carbocycles. The molecule has 4 rings (SSSR count). The molecule has 2 aromatic rings. The zero-order valence-electron chi connectivity index (χ0n) is 15.2. The number of carbonyl (C=O) groups excluding carboxylic acids is 2. The molecule has 2 heterocycles. The van der Waals surface area contributed by atoms with Crippen molar-refractivity contribution in [2.75, 3.05) is 37.1 Å². The fourth-order valence-corrected chi connectivity index (χ4v) is 3.52. The lowest BCUT2D eigenvalue weighted by Gasteiger charge is -2.20. The molecule has 0 aliphatic carbocycles. The SMILES string of the molecule is COc1ccc(Cl)cc1N1C[C@H](C(=O)Nc2ccc3c(c2)OCCO3)CC1=O. The number of hydrogen-bond acceptors (Lipinski definition) is 5. The van der Waals surface area contributed by atoms with E-state index in [2.05, 4.69) is 5.32 Å². The fourth-order valence-electron chi connectivity index (χ4n) is 3.36. The molecule has 0 bridgehead atoms. The van der Waals surface area contributed by atoms with E-state index in [0.29, 0.717) is 46.9 Å². The van der Waals surface area contributed by atoms with Gasteiger partial charge in [0.05, 0.1) is 18.7 Å². The highest BCUT2D eigenvalue weighted by Crippen LogP contribution is 2.36. The first-order valence-corrected chi connectivity index (χ1v) is 9.27. The Morgan fingerprint density at radius 3 is 2.75 bits per heavy atom. The van der Waals surface area contributed by atoms with Crippen LogP contribution in [0, 0.1) is 5.92 Å². The topological polar surface area (TPSA) is 77.1 Å². The molecule has 0 saturated carbocycles. The van der Waals surface area contributed by atoms with E-state index in [1.54, 1.807) is 41.3 Å². The lowest BCUT2D eigenvalue weighted by atomic mass is 10.1.